The summed E-state index contributed by atoms with van der Waals surface area (Å²) in [5.41, 5.74) is 6.98. The standard InChI is InChI=1S/C24H42N6O/c1-2-3-17-31-24-27-22(25)21-23(28-24)30(18-26-21)14-8-4-5-9-19-12-15-29(16-13-19)20-10-6-7-11-20/h19-20,26H,2-18H2,1H3,(H2,25,27,28). The lowest BCUT2D eigenvalue weighted by Crippen LogP contribution is -2.40. The Balaban J connectivity index is 1.14. The van der Waals surface area contributed by atoms with Gasteiger partial charge in [-0.2, -0.15) is 9.97 Å². The van der Waals surface area contributed by atoms with Crippen LogP contribution in [0.15, 0.2) is 0 Å². The molecular formula is C24H42N6O. The summed E-state index contributed by atoms with van der Waals surface area (Å²) in [6.45, 7) is 7.23. The van der Waals surface area contributed by atoms with E-state index in [1.807, 2.05) is 0 Å². The lowest BCUT2D eigenvalue weighted by Gasteiger charge is -2.36. The summed E-state index contributed by atoms with van der Waals surface area (Å²) in [4.78, 5) is 14.0. The van der Waals surface area contributed by atoms with E-state index in [1.165, 1.54) is 77.3 Å². The topological polar surface area (TPSA) is 79.5 Å². The van der Waals surface area contributed by atoms with E-state index in [4.69, 9.17) is 10.5 Å². The van der Waals surface area contributed by atoms with Gasteiger partial charge in [0.25, 0.3) is 0 Å². The predicted octanol–water partition coefficient (Wildman–Crippen LogP) is 4.64. The van der Waals surface area contributed by atoms with Crippen molar-refractivity contribution >= 4 is 17.3 Å². The maximum Gasteiger partial charge on any atom is 0.320 e. The number of piperidine rings is 1. The van der Waals surface area contributed by atoms with Gasteiger partial charge >= 0.3 is 6.01 Å². The molecule has 0 unspecified atom stereocenters. The molecule has 1 aliphatic carbocycles. The molecule has 0 radical (unpaired) electrons. The number of nitrogens with zero attached hydrogens (tertiary/aromatic N) is 4. The quantitative estimate of drug-likeness (QED) is 0.495. The molecule has 0 aromatic carbocycles. The van der Waals surface area contributed by atoms with E-state index in [9.17, 15) is 0 Å². The van der Waals surface area contributed by atoms with Gasteiger partial charge in [0.2, 0.25) is 0 Å². The summed E-state index contributed by atoms with van der Waals surface area (Å²) < 4.78 is 5.69. The monoisotopic (exact) mass is 430 g/mol. The highest BCUT2D eigenvalue weighted by molar-refractivity contribution is 5.80. The van der Waals surface area contributed by atoms with Crippen molar-refractivity contribution in [3.63, 3.8) is 0 Å². The fourth-order valence-corrected chi connectivity index (χ4v) is 5.44. The normalized spacial score (nSPS) is 20.2. The van der Waals surface area contributed by atoms with Crippen LogP contribution in [0, 0.1) is 5.92 Å². The molecule has 2 fully saturated rings. The van der Waals surface area contributed by atoms with Crippen LogP contribution in [-0.4, -0.2) is 53.8 Å². The number of nitrogen functional groups attached to an aromatic ring is 1. The lowest BCUT2D eigenvalue weighted by atomic mass is 9.90. The van der Waals surface area contributed by atoms with Crippen LogP contribution in [0.4, 0.5) is 17.3 Å². The number of anilines is 3. The van der Waals surface area contributed by atoms with E-state index in [0.29, 0.717) is 18.4 Å². The fourth-order valence-electron chi connectivity index (χ4n) is 5.44. The number of aromatic nitrogens is 2. The van der Waals surface area contributed by atoms with E-state index in [0.717, 1.165) is 49.5 Å². The Morgan fingerprint density at radius 1 is 1.03 bits per heavy atom. The minimum absolute atomic E-state index is 0.405. The third-order valence-corrected chi connectivity index (χ3v) is 7.40. The molecule has 31 heavy (non-hydrogen) atoms. The average Bonchev–Trinajstić information content (AvgIpc) is 3.45. The summed E-state index contributed by atoms with van der Waals surface area (Å²) in [6.07, 6.45) is 15.9. The Morgan fingerprint density at radius 2 is 1.84 bits per heavy atom. The van der Waals surface area contributed by atoms with Crippen molar-refractivity contribution in [2.75, 3.05) is 48.9 Å². The summed E-state index contributed by atoms with van der Waals surface area (Å²) in [5.74, 6) is 2.34. The second-order valence-electron chi connectivity index (χ2n) is 9.66. The van der Waals surface area contributed by atoms with Gasteiger partial charge in [-0.15, -0.1) is 0 Å². The van der Waals surface area contributed by atoms with Crippen LogP contribution in [0.25, 0.3) is 0 Å². The van der Waals surface area contributed by atoms with Gasteiger partial charge in [-0.05, 0) is 57.5 Å². The third-order valence-electron chi connectivity index (χ3n) is 7.40. The fraction of sp³-hybridized carbons (Fsp3) is 0.833. The van der Waals surface area contributed by atoms with E-state index in [2.05, 4.69) is 32.0 Å². The van der Waals surface area contributed by atoms with E-state index in [1.54, 1.807) is 0 Å². The molecule has 7 nitrogen and oxygen atoms in total. The van der Waals surface area contributed by atoms with Crippen LogP contribution in [0.1, 0.15) is 84.0 Å². The third kappa shape index (κ3) is 5.93. The first-order valence-electron chi connectivity index (χ1n) is 12.8. The zero-order valence-corrected chi connectivity index (χ0v) is 19.4. The van der Waals surface area contributed by atoms with Gasteiger partial charge in [-0.25, -0.2) is 0 Å². The first-order chi connectivity index (χ1) is 15.2. The molecule has 1 saturated carbocycles. The van der Waals surface area contributed by atoms with E-state index >= 15 is 0 Å². The number of fused-ring (bicyclic) bond motifs is 1. The molecule has 174 valence electrons. The molecule has 7 heteroatoms. The molecule has 4 rings (SSSR count). The largest absolute Gasteiger partial charge is 0.463 e. The highest BCUT2D eigenvalue weighted by Gasteiger charge is 2.27. The Hall–Kier alpha value is -1.76. The molecule has 3 aliphatic rings. The van der Waals surface area contributed by atoms with E-state index in [-0.39, 0.29) is 0 Å². The maximum absolute atomic E-state index is 6.12. The van der Waals surface area contributed by atoms with Gasteiger partial charge in [0.15, 0.2) is 11.6 Å². The zero-order chi connectivity index (χ0) is 21.5. The van der Waals surface area contributed by atoms with Crippen LogP contribution < -0.4 is 20.7 Å². The van der Waals surface area contributed by atoms with Gasteiger partial charge in [-0.1, -0.05) is 45.4 Å². The van der Waals surface area contributed by atoms with Crippen LogP contribution in [0.3, 0.4) is 0 Å². The minimum atomic E-state index is 0.405. The molecule has 0 spiro atoms. The van der Waals surface area contributed by atoms with Crippen molar-refractivity contribution in [2.24, 2.45) is 5.92 Å². The van der Waals surface area contributed by atoms with Crippen molar-refractivity contribution in [3.05, 3.63) is 0 Å². The molecule has 1 aromatic rings. The Labute approximate surface area is 188 Å². The number of rotatable bonds is 11. The summed E-state index contributed by atoms with van der Waals surface area (Å²) in [5, 5.41) is 3.35. The predicted molar refractivity (Wildman–Crippen MR) is 128 cm³/mol. The van der Waals surface area contributed by atoms with Crippen LogP contribution in [0.5, 0.6) is 6.01 Å². The van der Waals surface area contributed by atoms with Gasteiger partial charge in [-0.3, -0.25) is 0 Å². The maximum atomic E-state index is 6.12. The second-order valence-corrected chi connectivity index (χ2v) is 9.66. The second kappa shape index (κ2) is 11.2. The Kier molecular flexibility index (Phi) is 8.11. The first-order valence-corrected chi connectivity index (χ1v) is 12.8. The molecule has 1 aromatic heterocycles. The lowest BCUT2D eigenvalue weighted by molar-refractivity contribution is 0.130. The van der Waals surface area contributed by atoms with Crippen LogP contribution in [0.2, 0.25) is 0 Å². The summed E-state index contributed by atoms with van der Waals surface area (Å²) >= 11 is 0. The average molecular weight is 431 g/mol. The van der Waals surface area contributed by atoms with Crippen LogP contribution >= 0.6 is 0 Å². The van der Waals surface area contributed by atoms with Crippen molar-refractivity contribution in [1.82, 2.24) is 14.9 Å². The van der Waals surface area contributed by atoms with Crippen molar-refractivity contribution in [3.8, 4) is 6.01 Å². The molecule has 3 heterocycles. The molecule has 3 N–H and O–H groups in total. The number of nitrogens with two attached hydrogens (primary N) is 1. The molecule has 0 bridgehead atoms. The smallest absolute Gasteiger partial charge is 0.320 e. The SMILES string of the molecule is CCCCOc1nc(N)c2c(n1)N(CCCCCC1CCN(C3CCCC3)CC1)CN2. The molecule has 0 atom stereocenters. The number of unbranched alkanes of at least 4 members (excludes halogenated alkanes) is 3. The highest BCUT2D eigenvalue weighted by atomic mass is 16.5. The first kappa shape index (κ1) is 22.4. The van der Waals surface area contributed by atoms with E-state index < -0.39 is 0 Å². The number of hydrogen-bond donors (Lipinski definition) is 2. The number of likely N-dealkylation sites (tertiary alicyclic amines) is 1. The van der Waals surface area contributed by atoms with Gasteiger partial charge in [0.1, 0.15) is 5.69 Å². The van der Waals surface area contributed by atoms with Gasteiger partial charge in [0.05, 0.1) is 13.3 Å². The van der Waals surface area contributed by atoms with Crippen molar-refractivity contribution in [2.45, 2.75) is 90.0 Å². The molecule has 1 saturated heterocycles. The minimum Gasteiger partial charge on any atom is -0.463 e. The van der Waals surface area contributed by atoms with Crippen molar-refractivity contribution < 1.29 is 4.74 Å². The Morgan fingerprint density at radius 3 is 2.61 bits per heavy atom. The van der Waals surface area contributed by atoms with Gasteiger partial charge in [0, 0.05) is 12.6 Å². The Bertz CT molecular complexity index is 685. The zero-order valence-electron chi connectivity index (χ0n) is 19.4. The molecular weight excluding hydrogens is 388 g/mol. The number of hydrogen-bond acceptors (Lipinski definition) is 7. The summed E-state index contributed by atoms with van der Waals surface area (Å²) in [6, 6.07) is 1.32. The number of nitrogens with one attached hydrogen (secondary N) is 1. The molecule has 0 amide bonds. The summed E-state index contributed by atoms with van der Waals surface area (Å²) in [7, 11) is 0. The van der Waals surface area contributed by atoms with Crippen molar-refractivity contribution in [1.29, 1.82) is 0 Å². The van der Waals surface area contributed by atoms with Crippen LogP contribution in [-0.2, 0) is 0 Å². The highest BCUT2D eigenvalue weighted by Crippen LogP contribution is 2.35. The molecule has 2 aliphatic heterocycles. The number of ether oxygens (including phenoxy) is 1. The van der Waals surface area contributed by atoms with Gasteiger partial charge < -0.3 is 25.6 Å².